The van der Waals surface area contributed by atoms with Crippen LogP contribution in [0.4, 0.5) is 0 Å². The number of ketones is 1. The number of hydrogen-bond donors (Lipinski definition) is 0. The zero-order valence-corrected chi connectivity index (χ0v) is 11.7. The number of carbonyl (C=O) groups excluding carboxylic acids is 1. The highest BCUT2D eigenvalue weighted by molar-refractivity contribution is 5.84. The van der Waals surface area contributed by atoms with E-state index in [2.05, 4.69) is 6.92 Å². The molecule has 0 radical (unpaired) electrons. The number of Topliss-reactive ketones (excluding diaryl/α,β-unsaturated/α-hetero) is 1. The Morgan fingerprint density at radius 2 is 2.16 bits per heavy atom. The number of hydrogen-bond acceptors (Lipinski definition) is 4. The molecular formula is C15H24O4. The lowest BCUT2D eigenvalue weighted by atomic mass is 9.77. The molecule has 108 valence electrons. The van der Waals surface area contributed by atoms with Gasteiger partial charge in [-0.3, -0.25) is 4.79 Å². The summed E-state index contributed by atoms with van der Waals surface area (Å²) in [5.41, 5.74) is -0.167. The predicted molar refractivity (Wildman–Crippen MR) is 70.0 cm³/mol. The van der Waals surface area contributed by atoms with Gasteiger partial charge < -0.3 is 14.2 Å². The van der Waals surface area contributed by atoms with Crippen LogP contribution in [0.25, 0.3) is 0 Å². The van der Waals surface area contributed by atoms with E-state index in [9.17, 15) is 4.79 Å². The van der Waals surface area contributed by atoms with Crippen LogP contribution in [0.3, 0.4) is 0 Å². The molecule has 4 heteroatoms. The molecule has 0 aromatic heterocycles. The predicted octanol–water partition coefficient (Wildman–Crippen LogP) is 1.96. The molecule has 0 N–H and O–H groups in total. The van der Waals surface area contributed by atoms with Gasteiger partial charge in [0.1, 0.15) is 5.78 Å². The fourth-order valence-corrected chi connectivity index (χ4v) is 3.81. The van der Waals surface area contributed by atoms with Crippen molar-refractivity contribution in [1.82, 2.24) is 0 Å². The SMILES string of the molecule is CCC1OCCC1C(=O)C1CCOC2(CCOC2)C1. The van der Waals surface area contributed by atoms with Crippen LogP contribution in [0, 0.1) is 11.8 Å². The zero-order chi connectivity index (χ0) is 13.3. The van der Waals surface area contributed by atoms with Crippen molar-refractivity contribution in [1.29, 1.82) is 0 Å². The van der Waals surface area contributed by atoms with E-state index in [1.54, 1.807) is 0 Å². The second-order valence-electron chi connectivity index (χ2n) is 6.14. The highest BCUT2D eigenvalue weighted by atomic mass is 16.6. The minimum atomic E-state index is -0.167. The summed E-state index contributed by atoms with van der Waals surface area (Å²) in [7, 11) is 0. The first-order valence-corrected chi connectivity index (χ1v) is 7.61. The van der Waals surface area contributed by atoms with Crippen molar-refractivity contribution in [3.63, 3.8) is 0 Å². The molecule has 19 heavy (non-hydrogen) atoms. The lowest BCUT2D eigenvalue weighted by Gasteiger charge is -2.37. The van der Waals surface area contributed by atoms with Crippen LogP contribution in [-0.2, 0) is 19.0 Å². The minimum Gasteiger partial charge on any atom is -0.378 e. The van der Waals surface area contributed by atoms with E-state index in [4.69, 9.17) is 14.2 Å². The maximum absolute atomic E-state index is 12.7. The fraction of sp³-hybridized carbons (Fsp3) is 0.933. The molecule has 3 saturated heterocycles. The van der Waals surface area contributed by atoms with Crippen molar-refractivity contribution in [3.8, 4) is 0 Å². The Balaban J connectivity index is 1.66. The molecule has 3 heterocycles. The van der Waals surface area contributed by atoms with Crippen molar-refractivity contribution >= 4 is 5.78 Å². The van der Waals surface area contributed by atoms with Gasteiger partial charge in [-0.05, 0) is 25.7 Å². The van der Waals surface area contributed by atoms with E-state index in [1.165, 1.54) is 0 Å². The molecule has 0 aromatic rings. The second-order valence-corrected chi connectivity index (χ2v) is 6.14. The summed E-state index contributed by atoms with van der Waals surface area (Å²) in [4.78, 5) is 12.7. The lowest BCUT2D eigenvalue weighted by molar-refractivity contribution is -0.142. The lowest BCUT2D eigenvalue weighted by Crippen LogP contribution is -2.44. The van der Waals surface area contributed by atoms with E-state index in [-0.39, 0.29) is 23.5 Å². The van der Waals surface area contributed by atoms with Gasteiger partial charge in [0.15, 0.2) is 0 Å². The van der Waals surface area contributed by atoms with Crippen molar-refractivity contribution in [3.05, 3.63) is 0 Å². The summed E-state index contributed by atoms with van der Waals surface area (Å²) >= 11 is 0. The number of rotatable bonds is 3. The standard InChI is InChI=1S/C15H24O4/c1-2-13-12(4-6-18-13)14(16)11-3-7-19-15(9-11)5-8-17-10-15/h11-13H,2-10H2,1H3. The number of ether oxygens (including phenoxy) is 3. The Hall–Kier alpha value is -0.450. The van der Waals surface area contributed by atoms with Gasteiger partial charge in [-0.1, -0.05) is 6.92 Å². The van der Waals surface area contributed by atoms with Crippen molar-refractivity contribution < 1.29 is 19.0 Å². The molecule has 0 bridgehead atoms. The molecule has 0 aromatic carbocycles. The first-order valence-electron chi connectivity index (χ1n) is 7.61. The third-order valence-corrected chi connectivity index (χ3v) is 4.94. The third-order valence-electron chi connectivity index (χ3n) is 4.94. The van der Waals surface area contributed by atoms with Crippen molar-refractivity contribution in [2.45, 2.75) is 50.7 Å². The summed E-state index contributed by atoms with van der Waals surface area (Å²) in [6.45, 7) is 4.98. The molecule has 0 amide bonds. The maximum Gasteiger partial charge on any atom is 0.141 e. The van der Waals surface area contributed by atoms with Gasteiger partial charge in [0.05, 0.1) is 18.3 Å². The Morgan fingerprint density at radius 3 is 2.89 bits per heavy atom. The summed E-state index contributed by atoms with van der Waals surface area (Å²) in [5, 5.41) is 0. The van der Waals surface area contributed by atoms with Gasteiger partial charge in [0.25, 0.3) is 0 Å². The molecule has 4 unspecified atom stereocenters. The Labute approximate surface area is 114 Å². The van der Waals surface area contributed by atoms with Gasteiger partial charge in [0.2, 0.25) is 0 Å². The topological polar surface area (TPSA) is 44.8 Å². The van der Waals surface area contributed by atoms with E-state index in [1.807, 2.05) is 0 Å². The summed E-state index contributed by atoms with van der Waals surface area (Å²) in [6, 6.07) is 0. The van der Waals surface area contributed by atoms with Crippen LogP contribution in [0.1, 0.15) is 39.0 Å². The maximum atomic E-state index is 12.7. The molecule has 3 rings (SSSR count). The molecule has 3 aliphatic rings. The van der Waals surface area contributed by atoms with E-state index < -0.39 is 0 Å². The molecule has 3 fully saturated rings. The Kier molecular flexibility index (Phi) is 3.92. The van der Waals surface area contributed by atoms with Crippen LogP contribution >= 0.6 is 0 Å². The smallest absolute Gasteiger partial charge is 0.141 e. The van der Waals surface area contributed by atoms with Gasteiger partial charge in [-0.15, -0.1) is 0 Å². The highest BCUT2D eigenvalue weighted by Gasteiger charge is 2.45. The van der Waals surface area contributed by atoms with Gasteiger partial charge in [0, 0.05) is 38.1 Å². The molecule has 3 aliphatic heterocycles. The first kappa shape index (κ1) is 13.5. The first-order chi connectivity index (χ1) is 9.24. The normalized spacial score (nSPS) is 42.9. The molecular weight excluding hydrogens is 244 g/mol. The Bertz CT molecular complexity index is 335. The van der Waals surface area contributed by atoms with Crippen LogP contribution < -0.4 is 0 Å². The van der Waals surface area contributed by atoms with Crippen molar-refractivity contribution in [2.24, 2.45) is 11.8 Å². The monoisotopic (exact) mass is 268 g/mol. The van der Waals surface area contributed by atoms with E-state index in [0.717, 1.165) is 45.3 Å². The largest absolute Gasteiger partial charge is 0.378 e. The molecule has 1 spiro atoms. The van der Waals surface area contributed by atoms with Crippen LogP contribution in [0.2, 0.25) is 0 Å². The molecule has 0 saturated carbocycles. The van der Waals surface area contributed by atoms with Crippen molar-refractivity contribution in [2.75, 3.05) is 26.4 Å². The quantitative estimate of drug-likeness (QED) is 0.785. The summed E-state index contributed by atoms with van der Waals surface area (Å²) in [6.07, 6.45) is 4.64. The third kappa shape index (κ3) is 2.58. The minimum absolute atomic E-state index is 0.118. The summed E-state index contributed by atoms with van der Waals surface area (Å²) in [5.74, 6) is 0.683. The van der Waals surface area contributed by atoms with E-state index >= 15 is 0 Å². The van der Waals surface area contributed by atoms with Crippen LogP contribution in [0.5, 0.6) is 0 Å². The number of carbonyl (C=O) groups is 1. The summed E-state index contributed by atoms with van der Waals surface area (Å²) < 4.78 is 17.1. The average Bonchev–Trinajstić information content (AvgIpc) is 3.07. The van der Waals surface area contributed by atoms with Crippen LogP contribution in [-0.4, -0.2) is 43.9 Å². The van der Waals surface area contributed by atoms with Gasteiger partial charge in [-0.2, -0.15) is 0 Å². The zero-order valence-electron chi connectivity index (χ0n) is 11.7. The molecule has 4 nitrogen and oxygen atoms in total. The van der Waals surface area contributed by atoms with Crippen LogP contribution in [0.15, 0.2) is 0 Å². The average molecular weight is 268 g/mol. The Morgan fingerprint density at radius 1 is 1.26 bits per heavy atom. The van der Waals surface area contributed by atoms with E-state index in [0.29, 0.717) is 19.0 Å². The fourth-order valence-electron chi connectivity index (χ4n) is 3.81. The molecule has 4 atom stereocenters. The van der Waals surface area contributed by atoms with Gasteiger partial charge in [-0.25, -0.2) is 0 Å². The second kappa shape index (κ2) is 5.51. The highest BCUT2D eigenvalue weighted by Crippen LogP contribution is 2.38. The van der Waals surface area contributed by atoms with Gasteiger partial charge >= 0.3 is 0 Å². The molecule has 0 aliphatic carbocycles.